The average Bonchev–Trinajstić information content (AvgIpc) is 2.60. The molecule has 0 unspecified atom stereocenters. The van der Waals surface area contributed by atoms with Crippen LogP contribution in [0.2, 0.25) is 0 Å². The molecule has 0 fully saturated rings. The third-order valence-electron chi connectivity index (χ3n) is 3.28. The molecule has 2 aromatic rings. The first-order valence-electron chi connectivity index (χ1n) is 6.85. The van der Waals surface area contributed by atoms with Gasteiger partial charge in [0.2, 0.25) is 0 Å². The molecule has 0 saturated carbocycles. The first kappa shape index (κ1) is 16.9. The first-order valence-corrected chi connectivity index (χ1v) is 6.85. The summed E-state index contributed by atoms with van der Waals surface area (Å²) in [6.07, 6.45) is 0. The lowest BCUT2D eigenvalue weighted by atomic mass is 10.1. The van der Waals surface area contributed by atoms with Gasteiger partial charge < -0.3 is 15.2 Å². The molecular formula is C16H14N2O6. The number of carbonyl (C=O) groups excluding carboxylic acids is 2. The Morgan fingerprint density at radius 1 is 1.17 bits per heavy atom. The number of hydrogen-bond donors (Lipinski definition) is 2. The van der Waals surface area contributed by atoms with Crippen LogP contribution in [0.1, 0.15) is 26.3 Å². The van der Waals surface area contributed by atoms with Crippen LogP contribution in [0.5, 0.6) is 5.75 Å². The molecule has 24 heavy (non-hydrogen) atoms. The van der Waals surface area contributed by atoms with Crippen molar-refractivity contribution in [2.45, 2.75) is 6.54 Å². The summed E-state index contributed by atoms with van der Waals surface area (Å²) in [6, 6.07) is 9.37. The van der Waals surface area contributed by atoms with E-state index < -0.39 is 16.8 Å². The predicted molar refractivity (Wildman–Crippen MR) is 83.7 cm³/mol. The number of nitrogens with zero attached hydrogens (tertiary/aromatic N) is 1. The van der Waals surface area contributed by atoms with Gasteiger partial charge in [0.05, 0.1) is 17.6 Å². The van der Waals surface area contributed by atoms with Gasteiger partial charge >= 0.3 is 5.97 Å². The Morgan fingerprint density at radius 2 is 1.79 bits per heavy atom. The van der Waals surface area contributed by atoms with Gasteiger partial charge in [0.25, 0.3) is 11.6 Å². The van der Waals surface area contributed by atoms with Crippen LogP contribution in [-0.4, -0.2) is 29.0 Å². The van der Waals surface area contributed by atoms with E-state index in [4.69, 9.17) is 0 Å². The van der Waals surface area contributed by atoms with Gasteiger partial charge in [-0.25, -0.2) is 4.79 Å². The van der Waals surface area contributed by atoms with Crippen LogP contribution >= 0.6 is 0 Å². The van der Waals surface area contributed by atoms with Crippen LogP contribution in [0.25, 0.3) is 0 Å². The lowest BCUT2D eigenvalue weighted by Crippen LogP contribution is -2.23. The van der Waals surface area contributed by atoms with Crippen LogP contribution in [-0.2, 0) is 11.3 Å². The van der Waals surface area contributed by atoms with Gasteiger partial charge in [0.1, 0.15) is 5.75 Å². The summed E-state index contributed by atoms with van der Waals surface area (Å²) in [4.78, 5) is 33.5. The number of methoxy groups -OCH3 is 1. The predicted octanol–water partition coefficient (Wildman–Crippen LogP) is 2.02. The number of nitro groups is 1. The van der Waals surface area contributed by atoms with Crippen LogP contribution in [0, 0.1) is 10.1 Å². The van der Waals surface area contributed by atoms with E-state index >= 15 is 0 Å². The van der Waals surface area contributed by atoms with E-state index in [1.165, 1.54) is 49.6 Å². The van der Waals surface area contributed by atoms with Crippen molar-refractivity contribution in [1.82, 2.24) is 5.32 Å². The number of benzene rings is 2. The first-order chi connectivity index (χ1) is 11.4. The Kier molecular flexibility index (Phi) is 5.10. The highest BCUT2D eigenvalue weighted by atomic mass is 16.6. The molecular weight excluding hydrogens is 316 g/mol. The van der Waals surface area contributed by atoms with Gasteiger partial charge in [-0.2, -0.15) is 0 Å². The summed E-state index contributed by atoms with van der Waals surface area (Å²) in [6.45, 7) is -0.0783. The number of rotatable bonds is 5. The second-order valence-corrected chi connectivity index (χ2v) is 4.82. The molecule has 0 radical (unpaired) electrons. The van der Waals surface area contributed by atoms with Crippen molar-refractivity contribution in [3.63, 3.8) is 0 Å². The normalized spacial score (nSPS) is 10.0. The number of nitrogens with one attached hydrogen (secondary N) is 1. The van der Waals surface area contributed by atoms with Crippen molar-refractivity contribution >= 4 is 17.6 Å². The Morgan fingerprint density at radius 3 is 2.38 bits per heavy atom. The minimum absolute atomic E-state index is 0.0783. The number of aromatic hydroxyl groups is 1. The molecule has 8 nitrogen and oxygen atoms in total. The maximum atomic E-state index is 12.1. The summed E-state index contributed by atoms with van der Waals surface area (Å²) >= 11 is 0. The van der Waals surface area contributed by atoms with E-state index in [0.717, 1.165) is 0 Å². The van der Waals surface area contributed by atoms with Gasteiger partial charge in [-0.1, -0.05) is 0 Å². The lowest BCUT2D eigenvalue weighted by molar-refractivity contribution is -0.384. The largest absolute Gasteiger partial charge is 0.508 e. The minimum atomic E-state index is -0.587. The van der Waals surface area contributed by atoms with Gasteiger partial charge in [-0.05, 0) is 30.3 Å². The summed E-state index contributed by atoms with van der Waals surface area (Å²) in [5, 5.41) is 23.0. The Labute approximate surface area is 136 Å². The molecule has 0 bridgehead atoms. The maximum absolute atomic E-state index is 12.1. The Balaban J connectivity index is 2.07. The number of ether oxygens (including phenoxy) is 1. The standard InChI is InChI=1S/C16H14N2O6/c1-24-16(21)11-4-2-10(3-5-11)15(20)17-9-12-8-13(18(22)23)6-7-14(12)19/h2-8,19H,9H2,1H3,(H,17,20). The number of phenolic OH excluding ortho intramolecular Hbond substituents is 1. The van der Waals surface area contributed by atoms with Crippen molar-refractivity contribution in [1.29, 1.82) is 0 Å². The number of esters is 1. The maximum Gasteiger partial charge on any atom is 0.337 e. The molecule has 0 aliphatic carbocycles. The third kappa shape index (κ3) is 3.86. The molecule has 124 valence electrons. The second kappa shape index (κ2) is 7.23. The molecule has 0 spiro atoms. The third-order valence-corrected chi connectivity index (χ3v) is 3.28. The number of amides is 1. The Hall–Kier alpha value is -3.42. The Bertz CT molecular complexity index is 786. The lowest BCUT2D eigenvalue weighted by Gasteiger charge is -2.07. The number of nitro benzene ring substituents is 1. The van der Waals surface area contributed by atoms with Gasteiger partial charge in [-0.3, -0.25) is 14.9 Å². The minimum Gasteiger partial charge on any atom is -0.508 e. The van der Waals surface area contributed by atoms with Crippen LogP contribution in [0.3, 0.4) is 0 Å². The number of non-ortho nitro benzene ring substituents is 1. The van der Waals surface area contributed by atoms with Crippen molar-refractivity contribution in [2.75, 3.05) is 7.11 Å². The topological polar surface area (TPSA) is 119 Å². The van der Waals surface area contributed by atoms with E-state index in [-0.39, 0.29) is 23.5 Å². The fourth-order valence-corrected chi connectivity index (χ4v) is 1.98. The summed E-state index contributed by atoms with van der Waals surface area (Å²) in [5.74, 6) is -1.11. The monoisotopic (exact) mass is 330 g/mol. The molecule has 0 atom stereocenters. The van der Waals surface area contributed by atoms with Crippen molar-refractivity contribution in [3.8, 4) is 5.75 Å². The molecule has 2 rings (SSSR count). The number of hydrogen-bond acceptors (Lipinski definition) is 6. The van der Waals surface area contributed by atoms with Gasteiger partial charge in [0.15, 0.2) is 0 Å². The summed E-state index contributed by atoms with van der Waals surface area (Å²) < 4.78 is 4.56. The SMILES string of the molecule is COC(=O)c1ccc(C(=O)NCc2cc([N+](=O)[O-])ccc2O)cc1. The number of carbonyl (C=O) groups is 2. The van der Waals surface area contributed by atoms with Gasteiger partial charge in [-0.15, -0.1) is 0 Å². The molecule has 0 aliphatic rings. The van der Waals surface area contributed by atoms with E-state index in [1.54, 1.807) is 0 Å². The van der Waals surface area contributed by atoms with E-state index in [0.29, 0.717) is 11.1 Å². The van der Waals surface area contributed by atoms with E-state index in [9.17, 15) is 24.8 Å². The quantitative estimate of drug-likeness (QED) is 0.492. The van der Waals surface area contributed by atoms with Crippen LogP contribution < -0.4 is 5.32 Å². The molecule has 0 aliphatic heterocycles. The van der Waals surface area contributed by atoms with Crippen molar-refractivity contribution < 1.29 is 24.4 Å². The van der Waals surface area contributed by atoms with E-state index in [1.807, 2.05) is 0 Å². The fraction of sp³-hybridized carbons (Fsp3) is 0.125. The second-order valence-electron chi connectivity index (χ2n) is 4.82. The highest BCUT2D eigenvalue weighted by Gasteiger charge is 2.13. The van der Waals surface area contributed by atoms with Crippen molar-refractivity contribution in [2.24, 2.45) is 0 Å². The summed E-state index contributed by atoms with van der Waals surface area (Å²) in [5.41, 5.74) is 0.654. The smallest absolute Gasteiger partial charge is 0.337 e. The molecule has 8 heteroatoms. The van der Waals surface area contributed by atoms with Gasteiger partial charge in [0, 0.05) is 29.8 Å². The van der Waals surface area contributed by atoms with Crippen molar-refractivity contribution in [3.05, 3.63) is 69.3 Å². The molecule has 0 saturated heterocycles. The molecule has 2 N–H and O–H groups in total. The number of phenols is 1. The summed E-state index contributed by atoms with van der Waals surface area (Å²) in [7, 11) is 1.26. The zero-order chi connectivity index (χ0) is 17.7. The van der Waals surface area contributed by atoms with Crippen LogP contribution in [0.4, 0.5) is 5.69 Å². The average molecular weight is 330 g/mol. The van der Waals surface area contributed by atoms with Crippen LogP contribution in [0.15, 0.2) is 42.5 Å². The fourth-order valence-electron chi connectivity index (χ4n) is 1.98. The molecule has 1 amide bonds. The molecule has 2 aromatic carbocycles. The zero-order valence-electron chi connectivity index (χ0n) is 12.7. The molecule has 0 aromatic heterocycles. The van der Waals surface area contributed by atoms with E-state index in [2.05, 4.69) is 10.1 Å². The highest BCUT2D eigenvalue weighted by molar-refractivity contribution is 5.96. The molecule has 0 heterocycles. The zero-order valence-corrected chi connectivity index (χ0v) is 12.7. The highest BCUT2D eigenvalue weighted by Crippen LogP contribution is 2.22.